The largest absolute Gasteiger partial charge is 0.479 e. The number of nitrogens with zero attached hydrogens (tertiary/aromatic N) is 2. The van der Waals surface area contributed by atoms with Gasteiger partial charge in [-0.25, -0.2) is 9.59 Å². The van der Waals surface area contributed by atoms with Crippen LogP contribution in [0.2, 0.25) is 0 Å². The molecule has 0 bridgehead atoms. The van der Waals surface area contributed by atoms with Gasteiger partial charge in [0.1, 0.15) is 5.54 Å². The van der Waals surface area contributed by atoms with Crippen molar-refractivity contribution in [2.24, 2.45) is 0 Å². The zero-order valence-electron chi connectivity index (χ0n) is 12.7. The van der Waals surface area contributed by atoms with Crippen molar-refractivity contribution in [3.63, 3.8) is 0 Å². The number of fused-ring (bicyclic) bond motifs is 1. The van der Waals surface area contributed by atoms with Gasteiger partial charge in [0.15, 0.2) is 0 Å². The highest BCUT2D eigenvalue weighted by Gasteiger charge is 2.49. The van der Waals surface area contributed by atoms with Crippen molar-refractivity contribution in [2.45, 2.75) is 63.1 Å². The van der Waals surface area contributed by atoms with E-state index >= 15 is 0 Å². The van der Waals surface area contributed by atoms with Gasteiger partial charge in [0.25, 0.3) is 0 Å². The first kappa shape index (κ1) is 14.6. The van der Waals surface area contributed by atoms with Crippen molar-refractivity contribution in [3.8, 4) is 0 Å². The van der Waals surface area contributed by atoms with Gasteiger partial charge in [-0.05, 0) is 45.1 Å². The second-order valence-corrected chi connectivity index (χ2v) is 6.54. The number of hydrogen-bond donors (Lipinski definition) is 2. The van der Waals surface area contributed by atoms with Crippen molar-refractivity contribution in [1.82, 2.24) is 15.1 Å². The molecule has 0 spiro atoms. The molecule has 0 aromatic carbocycles. The lowest BCUT2D eigenvalue weighted by molar-refractivity contribution is -0.148. The Kier molecular flexibility index (Phi) is 3.82. The van der Waals surface area contributed by atoms with Crippen molar-refractivity contribution in [1.29, 1.82) is 0 Å². The molecule has 0 radical (unpaired) electrons. The van der Waals surface area contributed by atoms with E-state index in [0.29, 0.717) is 25.4 Å². The minimum absolute atomic E-state index is 0.184. The Labute approximate surface area is 125 Å². The van der Waals surface area contributed by atoms with Crippen molar-refractivity contribution >= 4 is 12.0 Å². The average molecular weight is 295 g/mol. The fourth-order valence-corrected chi connectivity index (χ4v) is 4.40. The summed E-state index contributed by atoms with van der Waals surface area (Å²) in [6.45, 7) is 4.59. The quantitative estimate of drug-likeness (QED) is 0.822. The van der Waals surface area contributed by atoms with E-state index in [9.17, 15) is 14.7 Å². The molecule has 3 rings (SSSR count). The molecule has 2 amide bonds. The molecular formula is C15H25N3O3. The summed E-state index contributed by atoms with van der Waals surface area (Å²) in [6, 6.07) is 0.455. The number of carbonyl (C=O) groups is 2. The molecule has 3 atom stereocenters. The maximum Gasteiger partial charge on any atom is 0.329 e. The van der Waals surface area contributed by atoms with Gasteiger partial charge in [-0.15, -0.1) is 0 Å². The first-order valence-electron chi connectivity index (χ1n) is 8.14. The summed E-state index contributed by atoms with van der Waals surface area (Å²) in [7, 11) is 0. The molecular weight excluding hydrogens is 270 g/mol. The topological polar surface area (TPSA) is 72.9 Å². The monoisotopic (exact) mass is 295 g/mol. The molecule has 0 aromatic rings. The van der Waals surface area contributed by atoms with Crippen LogP contribution < -0.4 is 5.32 Å². The second kappa shape index (κ2) is 5.48. The van der Waals surface area contributed by atoms with E-state index in [2.05, 4.69) is 10.2 Å². The van der Waals surface area contributed by atoms with Gasteiger partial charge in [-0.3, -0.25) is 4.90 Å². The molecule has 3 heterocycles. The Balaban J connectivity index is 1.69. The molecule has 3 fully saturated rings. The summed E-state index contributed by atoms with van der Waals surface area (Å²) in [5.41, 5.74) is -1.00. The van der Waals surface area contributed by atoms with Gasteiger partial charge < -0.3 is 15.3 Å². The fourth-order valence-electron chi connectivity index (χ4n) is 4.40. The van der Waals surface area contributed by atoms with Gasteiger partial charge in [-0.2, -0.15) is 0 Å². The van der Waals surface area contributed by atoms with Crippen LogP contribution in [-0.4, -0.2) is 64.2 Å². The fraction of sp³-hybridized carbons (Fsp3) is 0.867. The number of nitrogens with one attached hydrogen (secondary N) is 1. The number of aliphatic carboxylic acids is 1. The standard InChI is InChI=1S/C15H25N3O3/c1-2-15(13(19)20)7-4-9-18(15)14(21)16-11-6-10-17-8-3-5-12(11)17/h11-12H,2-10H2,1H3,(H,16,21)(H,19,20). The average Bonchev–Trinajstić information content (AvgIpc) is 3.14. The van der Waals surface area contributed by atoms with E-state index in [0.717, 1.165) is 32.4 Å². The van der Waals surface area contributed by atoms with E-state index in [1.807, 2.05) is 6.92 Å². The van der Waals surface area contributed by atoms with Gasteiger partial charge in [0.2, 0.25) is 0 Å². The molecule has 2 N–H and O–H groups in total. The van der Waals surface area contributed by atoms with Gasteiger partial charge in [0, 0.05) is 25.2 Å². The molecule has 0 aliphatic carbocycles. The smallest absolute Gasteiger partial charge is 0.329 e. The summed E-state index contributed by atoms with van der Waals surface area (Å²) in [5.74, 6) is -0.869. The van der Waals surface area contributed by atoms with E-state index in [1.165, 1.54) is 6.42 Å². The minimum Gasteiger partial charge on any atom is -0.479 e. The number of hydrogen-bond acceptors (Lipinski definition) is 3. The Morgan fingerprint density at radius 3 is 2.76 bits per heavy atom. The summed E-state index contributed by atoms with van der Waals surface area (Å²) >= 11 is 0. The molecule has 3 saturated heterocycles. The third-order valence-corrected chi connectivity index (χ3v) is 5.63. The Bertz CT molecular complexity index is 442. The van der Waals surface area contributed by atoms with Crippen LogP contribution in [-0.2, 0) is 4.79 Å². The third-order valence-electron chi connectivity index (χ3n) is 5.63. The van der Waals surface area contributed by atoms with E-state index in [4.69, 9.17) is 0 Å². The van der Waals surface area contributed by atoms with Crippen LogP contribution in [0.4, 0.5) is 4.79 Å². The Hall–Kier alpha value is -1.30. The number of carbonyl (C=O) groups excluding carboxylic acids is 1. The highest BCUT2D eigenvalue weighted by molar-refractivity contribution is 5.87. The molecule has 3 aliphatic heterocycles. The lowest BCUT2D eigenvalue weighted by atomic mass is 9.93. The minimum atomic E-state index is -1.00. The third kappa shape index (κ3) is 2.29. The molecule has 6 heteroatoms. The van der Waals surface area contributed by atoms with Crippen molar-refractivity contribution in [3.05, 3.63) is 0 Å². The molecule has 118 valence electrons. The number of carboxylic acid groups (broad SMARTS) is 1. The van der Waals surface area contributed by atoms with Crippen LogP contribution in [0.25, 0.3) is 0 Å². The van der Waals surface area contributed by atoms with Gasteiger partial charge in [-0.1, -0.05) is 6.92 Å². The van der Waals surface area contributed by atoms with E-state index in [1.54, 1.807) is 4.90 Å². The molecule has 0 aromatic heterocycles. The number of carboxylic acids is 1. The maximum absolute atomic E-state index is 12.6. The maximum atomic E-state index is 12.6. The summed E-state index contributed by atoms with van der Waals surface area (Å²) in [6.07, 6.45) is 5.13. The molecule has 3 aliphatic rings. The lowest BCUT2D eigenvalue weighted by Crippen LogP contribution is -2.58. The SMILES string of the molecule is CCC1(C(=O)O)CCCN1C(=O)NC1CCN2CCCC12. The van der Waals surface area contributed by atoms with E-state index < -0.39 is 11.5 Å². The number of rotatable bonds is 3. The highest BCUT2D eigenvalue weighted by atomic mass is 16.4. The number of amides is 2. The Morgan fingerprint density at radius 2 is 2.05 bits per heavy atom. The highest BCUT2D eigenvalue weighted by Crippen LogP contribution is 2.34. The Morgan fingerprint density at radius 1 is 1.24 bits per heavy atom. The molecule has 3 unspecified atom stereocenters. The van der Waals surface area contributed by atoms with Crippen LogP contribution in [0.3, 0.4) is 0 Å². The number of likely N-dealkylation sites (tertiary alicyclic amines) is 1. The van der Waals surface area contributed by atoms with Crippen molar-refractivity contribution in [2.75, 3.05) is 19.6 Å². The van der Waals surface area contributed by atoms with E-state index in [-0.39, 0.29) is 12.1 Å². The summed E-state index contributed by atoms with van der Waals surface area (Å²) in [5, 5.41) is 12.7. The predicted octanol–water partition coefficient (Wildman–Crippen LogP) is 1.26. The lowest BCUT2D eigenvalue weighted by Gasteiger charge is -2.35. The molecule has 21 heavy (non-hydrogen) atoms. The van der Waals surface area contributed by atoms with Crippen LogP contribution >= 0.6 is 0 Å². The van der Waals surface area contributed by atoms with Gasteiger partial charge in [0.05, 0.1) is 0 Å². The first-order chi connectivity index (χ1) is 10.1. The van der Waals surface area contributed by atoms with Crippen LogP contribution in [0, 0.1) is 0 Å². The predicted molar refractivity (Wildman–Crippen MR) is 78.1 cm³/mol. The summed E-state index contributed by atoms with van der Waals surface area (Å²) in [4.78, 5) is 28.3. The van der Waals surface area contributed by atoms with Crippen LogP contribution in [0.5, 0.6) is 0 Å². The first-order valence-corrected chi connectivity index (χ1v) is 8.14. The van der Waals surface area contributed by atoms with Crippen LogP contribution in [0.15, 0.2) is 0 Å². The van der Waals surface area contributed by atoms with Crippen LogP contribution in [0.1, 0.15) is 45.4 Å². The molecule has 0 saturated carbocycles. The second-order valence-electron chi connectivity index (χ2n) is 6.54. The zero-order chi connectivity index (χ0) is 15.0. The normalized spacial score (nSPS) is 36.0. The van der Waals surface area contributed by atoms with Gasteiger partial charge >= 0.3 is 12.0 Å². The molecule has 6 nitrogen and oxygen atoms in total. The van der Waals surface area contributed by atoms with Crippen molar-refractivity contribution < 1.29 is 14.7 Å². The summed E-state index contributed by atoms with van der Waals surface area (Å²) < 4.78 is 0. The zero-order valence-corrected chi connectivity index (χ0v) is 12.7. The number of urea groups is 1.